The van der Waals surface area contributed by atoms with Crippen molar-refractivity contribution in [3.63, 3.8) is 0 Å². The van der Waals surface area contributed by atoms with Crippen LogP contribution in [0.4, 0.5) is 5.82 Å². The van der Waals surface area contributed by atoms with Crippen LogP contribution in [0.3, 0.4) is 0 Å². The number of carbonyl (C=O) groups is 1. The van der Waals surface area contributed by atoms with Gasteiger partial charge in [-0.3, -0.25) is 4.79 Å². The first kappa shape index (κ1) is 17.3. The molecule has 1 amide bonds. The number of pyridine rings is 1. The Morgan fingerprint density at radius 1 is 1.32 bits per heavy atom. The zero-order chi connectivity index (χ0) is 17.8. The Morgan fingerprint density at radius 3 is 2.92 bits per heavy atom. The Kier molecular flexibility index (Phi) is 5.22. The van der Waals surface area contributed by atoms with Crippen LogP contribution >= 0.6 is 0 Å². The van der Waals surface area contributed by atoms with Gasteiger partial charge in [0.25, 0.3) is 5.91 Å². The highest BCUT2D eigenvalue weighted by atomic mass is 16.3. The van der Waals surface area contributed by atoms with Crippen molar-refractivity contribution in [2.45, 2.75) is 38.8 Å². The molecule has 1 aromatic heterocycles. The molecule has 1 fully saturated rings. The van der Waals surface area contributed by atoms with Gasteiger partial charge in [-0.25, -0.2) is 4.98 Å². The zero-order valence-corrected chi connectivity index (χ0v) is 14.9. The quantitative estimate of drug-likeness (QED) is 0.927. The molecule has 0 bridgehead atoms. The lowest BCUT2D eigenvalue weighted by Gasteiger charge is -2.34. The molecule has 3 rings (SSSR count). The van der Waals surface area contributed by atoms with Crippen molar-refractivity contribution in [1.82, 2.24) is 9.88 Å². The first-order chi connectivity index (χ1) is 12.0. The summed E-state index contributed by atoms with van der Waals surface area (Å²) in [5.74, 6) is 1.05. The molecule has 2 heterocycles. The normalized spacial score (nSPS) is 17.4. The van der Waals surface area contributed by atoms with E-state index in [-0.39, 0.29) is 11.7 Å². The van der Waals surface area contributed by atoms with Crippen LogP contribution in [-0.4, -0.2) is 40.5 Å². The molecule has 5 heteroatoms. The van der Waals surface area contributed by atoms with Gasteiger partial charge in [0, 0.05) is 37.9 Å². The molecule has 5 nitrogen and oxygen atoms in total. The van der Waals surface area contributed by atoms with Crippen molar-refractivity contribution in [3.8, 4) is 5.75 Å². The Bertz CT molecular complexity index is 747. The average Bonchev–Trinajstić information content (AvgIpc) is 2.61. The maximum atomic E-state index is 12.8. The molecule has 2 aromatic rings. The van der Waals surface area contributed by atoms with Gasteiger partial charge in [-0.1, -0.05) is 12.1 Å². The highest BCUT2D eigenvalue weighted by Crippen LogP contribution is 2.24. The largest absolute Gasteiger partial charge is 0.508 e. The highest BCUT2D eigenvalue weighted by molar-refractivity contribution is 5.94. The summed E-state index contributed by atoms with van der Waals surface area (Å²) in [6.45, 7) is 3.65. The van der Waals surface area contributed by atoms with E-state index < -0.39 is 0 Å². The summed E-state index contributed by atoms with van der Waals surface area (Å²) in [5, 5.41) is 9.57. The molecule has 1 atom stereocenters. The molecule has 1 aliphatic rings. The molecule has 25 heavy (non-hydrogen) atoms. The Labute approximate surface area is 148 Å². The lowest BCUT2D eigenvalue weighted by atomic mass is 10.0. The van der Waals surface area contributed by atoms with Gasteiger partial charge in [0.2, 0.25) is 0 Å². The third kappa shape index (κ3) is 4.10. The van der Waals surface area contributed by atoms with Gasteiger partial charge < -0.3 is 14.9 Å². The summed E-state index contributed by atoms with van der Waals surface area (Å²) >= 11 is 0. The minimum atomic E-state index is -0.0448. The van der Waals surface area contributed by atoms with Crippen LogP contribution in [0.25, 0.3) is 0 Å². The summed E-state index contributed by atoms with van der Waals surface area (Å²) < 4.78 is 0. The van der Waals surface area contributed by atoms with Gasteiger partial charge in [0.1, 0.15) is 11.6 Å². The number of aromatic hydroxyl groups is 1. The first-order valence-electron chi connectivity index (χ1n) is 8.80. The third-order valence-electron chi connectivity index (χ3n) is 4.77. The van der Waals surface area contributed by atoms with Gasteiger partial charge in [-0.05, 0) is 56.0 Å². The molecule has 1 N–H and O–H groups in total. The second-order valence-electron chi connectivity index (χ2n) is 6.77. The summed E-state index contributed by atoms with van der Waals surface area (Å²) in [7, 11) is 1.77. The van der Waals surface area contributed by atoms with Crippen LogP contribution < -0.4 is 4.90 Å². The summed E-state index contributed by atoms with van der Waals surface area (Å²) in [6, 6.07) is 11.1. The maximum absolute atomic E-state index is 12.8. The van der Waals surface area contributed by atoms with Crippen molar-refractivity contribution in [3.05, 3.63) is 53.7 Å². The summed E-state index contributed by atoms with van der Waals surface area (Å²) in [4.78, 5) is 21.2. The number of anilines is 1. The molecule has 1 aliphatic heterocycles. The number of piperidine rings is 1. The van der Waals surface area contributed by atoms with Crippen LogP contribution in [0.2, 0.25) is 0 Å². The fourth-order valence-corrected chi connectivity index (χ4v) is 3.37. The standard InChI is InChI=1S/C20H25N3O2/c1-15-6-3-4-11-23(15)19-13-17(9-10-21-19)20(25)22(2)14-16-7-5-8-18(24)12-16/h5,7-10,12-13,15,24H,3-4,6,11,14H2,1-2H3/t15-/m0/s1. The lowest BCUT2D eigenvalue weighted by molar-refractivity contribution is 0.0785. The van der Waals surface area contributed by atoms with Gasteiger partial charge in [0.05, 0.1) is 0 Å². The SMILES string of the molecule is C[C@H]1CCCCN1c1cc(C(=O)N(C)Cc2cccc(O)c2)ccn1. The van der Waals surface area contributed by atoms with Crippen LogP contribution in [0.1, 0.15) is 42.1 Å². The monoisotopic (exact) mass is 339 g/mol. The van der Waals surface area contributed by atoms with E-state index >= 15 is 0 Å². The molecule has 0 saturated carbocycles. The number of rotatable bonds is 4. The van der Waals surface area contributed by atoms with E-state index in [1.807, 2.05) is 12.1 Å². The Balaban J connectivity index is 1.74. The average molecular weight is 339 g/mol. The van der Waals surface area contributed by atoms with E-state index in [1.54, 1.807) is 42.4 Å². The van der Waals surface area contributed by atoms with Crippen LogP contribution in [0.5, 0.6) is 5.75 Å². The highest BCUT2D eigenvalue weighted by Gasteiger charge is 2.21. The van der Waals surface area contributed by atoms with Gasteiger partial charge in [-0.2, -0.15) is 0 Å². The maximum Gasteiger partial charge on any atom is 0.254 e. The smallest absolute Gasteiger partial charge is 0.254 e. The minimum Gasteiger partial charge on any atom is -0.508 e. The van der Waals surface area contributed by atoms with E-state index in [0.29, 0.717) is 18.2 Å². The Morgan fingerprint density at radius 2 is 2.16 bits per heavy atom. The van der Waals surface area contributed by atoms with E-state index in [2.05, 4.69) is 16.8 Å². The number of nitrogens with zero attached hydrogens (tertiary/aromatic N) is 3. The van der Waals surface area contributed by atoms with Crippen molar-refractivity contribution in [2.75, 3.05) is 18.5 Å². The van der Waals surface area contributed by atoms with E-state index in [0.717, 1.165) is 24.3 Å². The predicted molar refractivity (Wildman–Crippen MR) is 98.8 cm³/mol. The Hall–Kier alpha value is -2.56. The van der Waals surface area contributed by atoms with E-state index in [4.69, 9.17) is 0 Å². The van der Waals surface area contributed by atoms with Gasteiger partial charge >= 0.3 is 0 Å². The number of carbonyl (C=O) groups excluding carboxylic acids is 1. The topological polar surface area (TPSA) is 56.7 Å². The number of phenols is 1. The predicted octanol–water partition coefficient (Wildman–Crippen LogP) is 3.44. The second-order valence-corrected chi connectivity index (χ2v) is 6.77. The molecule has 0 radical (unpaired) electrons. The number of hydrogen-bond acceptors (Lipinski definition) is 4. The van der Waals surface area contributed by atoms with Crippen LogP contribution in [-0.2, 0) is 6.54 Å². The fraction of sp³-hybridized carbons (Fsp3) is 0.400. The molecular weight excluding hydrogens is 314 g/mol. The number of phenolic OH excluding ortho intramolecular Hbond substituents is 1. The van der Waals surface area contributed by atoms with Crippen LogP contribution in [0, 0.1) is 0 Å². The summed E-state index contributed by atoms with van der Waals surface area (Å²) in [5.41, 5.74) is 1.54. The lowest BCUT2D eigenvalue weighted by Crippen LogP contribution is -2.38. The molecule has 1 saturated heterocycles. The molecule has 132 valence electrons. The van der Waals surface area contributed by atoms with Gasteiger partial charge in [-0.15, -0.1) is 0 Å². The second kappa shape index (κ2) is 7.55. The first-order valence-corrected chi connectivity index (χ1v) is 8.80. The van der Waals surface area contributed by atoms with Crippen molar-refractivity contribution in [2.24, 2.45) is 0 Å². The molecular formula is C20H25N3O2. The van der Waals surface area contributed by atoms with E-state index in [1.165, 1.54) is 12.8 Å². The number of aromatic nitrogens is 1. The molecule has 0 unspecified atom stereocenters. The van der Waals surface area contributed by atoms with Crippen LogP contribution in [0.15, 0.2) is 42.6 Å². The van der Waals surface area contributed by atoms with Gasteiger partial charge in [0.15, 0.2) is 0 Å². The molecule has 0 spiro atoms. The zero-order valence-electron chi connectivity index (χ0n) is 14.9. The number of amides is 1. The number of benzene rings is 1. The van der Waals surface area contributed by atoms with Crippen molar-refractivity contribution < 1.29 is 9.90 Å². The number of hydrogen-bond donors (Lipinski definition) is 1. The minimum absolute atomic E-state index is 0.0448. The van der Waals surface area contributed by atoms with Crippen molar-refractivity contribution in [1.29, 1.82) is 0 Å². The van der Waals surface area contributed by atoms with Crippen molar-refractivity contribution >= 4 is 11.7 Å². The fourth-order valence-electron chi connectivity index (χ4n) is 3.37. The molecule has 0 aliphatic carbocycles. The summed E-state index contributed by atoms with van der Waals surface area (Å²) in [6.07, 6.45) is 5.30. The van der Waals surface area contributed by atoms with E-state index in [9.17, 15) is 9.90 Å². The third-order valence-corrected chi connectivity index (χ3v) is 4.77. The molecule has 1 aromatic carbocycles.